The average molecular weight is 482 g/mol. The molecule has 0 amide bonds. The molecule has 2 aromatic heterocycles. The second kappa shape index (κ2) is 8.76. The van der Waals surface area contributed by atoms with Crippen LogP contribution >= 0.6 is 0 Å². The first-order valence-electron chi connectivity index (χ1n) is 9.95. The highest BCUT2D eigenvalue weighted by atomic mass is 32.2. The minimum Gasteiger partial charge on any atom is -0.349 e. The largest absolute Gasteiger partial charge is 0.433 e. The Morgan fingerprint density at radius 1 is 1.00 bits per heavy atom. The van der Waals surface area contributed by atoms with Crippen molar-refractivity contribution < 1.29 is 21.6 Å². The monoisotopic (exact) mass is 482 g/mol. The molecule has 4 rings (SSSR count). The predicted octanol–water partition coefficient (Wildman–Crippen LogP) is 4.95. The summed E-state index contributed by atoms with van der Waals surface area (Å²) in [6.07, 6.45) is -0.806. The number of rotatable bonds is 5. The van der Waals surface area contributed by atoms with E-state index in [2.05, 4.69) is 16.0 Å². The third-order valence-corrected chi connectivity index (χ3v) is 5.87. The van der Waals surface area contributed by atoms with E-state index in [0.717, 1.165) is 29.0 Å². The number of aromatic nitrogens is 3. The van der Waals surface area contributed by atoms with E-state index >= 15 is 0 Å². The standard InChI is InChI=1S/C24H17F3N4O2S/c1-34(32,33)23-29-21(12-22(30-23)24(25,26)27)19-9-10-31(15-19)14-16-5-4-7-17(11-16)20-8-3-2-6-18(20)13-28/h2-12,15H,14H2,1H3. The molecule has 0 spiro atoms. The fourth-order valence-electron chi connectivity index (χ4n) is 3.46. The van der Waals surface area contributed by atoms with Gasteiger partial charge in [-0.2, -0.15) is 18.4 Å². The molecule has 34 heavy (non-hydrogen) atoms. The summed E-state index contributed by atoms with van der Waals surface area (Å²) >= 11 is 0. The van der Waals surface area contributed by atoms with Crippen LogP contribution in [0.5, 0.6) is 0 Å². The molecule has 0 N–H and O–H groups in total. The van der Waals surface area contributed by atoms with E-state index in [1.807, 2.05) is 36.4 Å². The Kier molecular flexibility index (Phi) is 5.98. The molecule has 172 valence electrons. The van der Waals surface area contributed by atoms with Gasteiger partial charge in [0, 0.05) is 30.8 Å². The van der Waals surface area contributed by atoms with E-state index in [1.54, 1.807) is 35.2 Å². The fraction of sp³-hybridized carbons (Fsp3) is 0.125. The van der Waals surface area contributed by atoms with Crippen molar-refractivity contribution in [2.24, 2.45) is 0 Å². The van der Waals surface area contributed by atoms with Crippen molar-refractivity contribution in [1.29, 1.82) is 5.26 Å². The SMILES string of the molecule is CS(=O)(=O)c1nc(-c2ccn(Cc3cccc(-c4ccccc4C#N)c3)c2)cc(C(F)(F)F)n1. The van der Waals surface area contributed by atoms with Crippen molar-refractivity contribution in [2.45, 2.75) is 17.9 Å². The molecular formula is C24H17F3N4O2S. The van der Waals surface area contributed by atoms with Crippen molar-refractivity contribution in [3.8, 4) is 28.5 Å². The molecule has 4 aromatic rings. The zero-order valence-electron chi connectivity index (χ0n) is 17.8. The zero-order valence-corrected chi connectivity index (χ0v) is 18.6. The van der Waals surface area contributed by atoms with E-state index in [-0.39, 0.29) is 5.69 Å². The average Bonchev–Trinajstić information content (AvgIpc) is 3.26. The van der Waals surface area contributed by atoms with Gasteiger partial charge in [0.2, 0.25) is 15.0 Å². The van der Waals surface area contributed by atoms with Gasteiger partial charge in [0.05, 0.1) is 17.3 Å². The molecule has 0 aliphatic rings. The number of sulfone groups is 1. The highest BCUT2D eigenvalue weighted by Crippen LogP contribution is 2.31. The first-order chi connectivity index (χ1) is 16.0. The van der Waals surface area contributed by atoms with Crippen LogP contribution in [0.4, 0.5) is 13.2 Å². The minimum absolute atomic E-state index is 0.141. The van der Waals surface area contributed by atoms with E-state index in [4.69, 9.17) is 0 Å². The van der Waals surface area contributed by atoms with Crippen molar-refractivity contribution >= 4 is 9.84 Å². The Labute approximate surface area is 193 Å². The molecule has 6 nitrogen and oxygen atoms in total. The van der Waals surface area contributed by atoms with Gasteiger partial charge >= 0.3 is 6.18 Å². The van der Waals surface area contributed by atoms with Gasteiger partial charge in [-0.15, -0.1) is 0 Å². The van der Waals surface area contributed by atoms with Gasteiger partial charge in [-0.05, 0) is 41.0 Å². The van der Waals surface area contributed by atoms with Gasteiger partial charge in [0.25, 0.3) is 0 Å². The molecule has 2 aromatic carbocycles. The van der Waals surface area contributed by atoms with Crippen LogP contribution in [-0.2, 0) is 22.6 Å². The highest BCUT2D eigenvalue weighted by Gasteiger charge is 2.35. The molecule has 2 heterocycles. The number of alkyl halides is 3. The lowest BCUT2D eigenvalue weighted by molar-refractivity contribution is -0.141. The van der Waals surface area contributed by atoms with Crippen molar-refractivity contribution in [1.82, 2.24) is 14.5 Å². The summed E-state index contributed by atoms with van der Waals surface area (Å²) in [5.41, 5.74) is 1.98. The first kappa shape index (κ1) is 23.2. The fourth-order valence-corrected chi connectivity index (χ4v) is 3.98. The van der Waals surface area contributed by atoms with Crippen LogP contribution in [-0.4, -0.2) is 29.2 Å². The van der Waals surface area contributed by atoms with Crippen LogP contribution in [0, 0.1) is 11.3 Å². The van der Waals surface area contributed by atoms with Crippen LogP contribution in [0.3, 0.4) is 0 Å². The summed E-state index contributed by atoms with van der Waals surface area (Å²) in [7, 11) is -4.05. The van der Waals surface area contributed by atoms with Gasteiger partial charge in [-0.1, -0.05) is 36.4 Å². The summed E-state index contributed by atoms with van der Waals surface area (Å²) in [6.45, 7) is 0.401. The smallest absolute Gasteiger partial charge is 0.349 e. The van der Waals surface area contributed by atoms with E-state index in [1.165, 1.54) is 0 Å². The normalized spacial score (nSPS) is 11.9. The maximum atomic E-state index is 13.3. The molecule has 0 bridgehead atoms. The Hall–Kier alpha value is -3.97. The molecule has 10 heteroatoms. The molecular weight excluding hydrogens is 465 g/mol. The van der Waals surface area contributed by atoms with Gasteiger partial charge < -0.3 is 4.57 Å². The van der Waals surface area contributed by atoms with Gasteiger partial charge in [0.15, 0.2) is 0 Å². The van der Waals surface area contributed by atoms with E-state index in [0.29, 0.717) is 17.7 Å². The second-order valence-electron chi connectivity index (χ2n) is 7.62. The van der Waals surface area contributed by atoms with Gasteiger partial charge in [-0.25, -0.2) is 18.4 Å². The Balaban J connectivity index is 1.66. The van der Waals surface area contributed by atoms with Crippen LogP contribution < -0.4 is 0 Å². The first-order valence-corrected chi connectivity index (χ1v) is 11.8. The van der Waals surface area contributed by atoms with Crippen molar-refractivity contribution in [2.75, 3.05) is 6.26 Å². The number of hydrogen-bond acceptors (Lipinski definition) is 5. The Morgan fingerprint density at radius 2 is 1.76 bits per heavy atom. The molecule has 0 radical (unpaired) electrons. The summed E-state index contributed by atoms with van der Waals surface area (Å²) in [5, 5.41) is 8.48. The summed E-state index contributed by atoms with van der Waals surface area (Å²) < 4.78 is 65.2. The van der Waals surface area contributed by atoms with Crippen LogP contribution in [0.2, 0.25) is 0 Å². The number of nitriles is 1. The summed E-state index contributed by atoms with van der Waals surface area (Å²) in [6, 6.07) is 19.3. The molecule has 0 unspecified atom stereocenters. The molecule has 0 fully saturated rings. The van der Waals surface area contributed by atoms with Crippen molar-refractivity contribution in [3.63, 3.8) is 0 Å². The lowest BCUT2D eigenvalue weighted by atomic mass is 9.99. The third kappa shape index (κ3) is 5.00. The number of hydrogen-bond donors (Lipinski definition) is 0. The maximum absolute atomic E-state index is 13.3. The Morgan fingerprint density at radius 3 is 2.47 bits per heavy atom. The van der Waals surface area contributed by atoms with Crippen LogP contribution in [0.25, 0.3) is 22.4 Å². The van der Waals surface area contributed by atoms with Crippen molar-refractivity contribution in [3.05, 3.63) is 89.9 Å². The summed E-state index contributed by atoms with van der Waals surface area (Å²) in [5.74, 6) is 0. The van der Waals surface area contributed by atoms with Crippen LogP contribution in [0.15, 0.2) is 78.2 Å². The summed E-state index contributed by atoms with van der Waals surface area (Å²) in [4.78, 5) is 7.01. The predicted molar refractivity (Wildman–Crippen MR) is 119 cm³/mol. The molecule has 0 aliphatic heterocycles. The molecule has 0 saturated carbocycles. The van der Waals surface area contributed by atoms with Gasteiger partial charge in [-0.3, -0.25) is 0 Å². The van der Waals surface area contributed by atoms with E-state index in [9.17, 15) is 26.9 Å². The lowest BCUT2D eigenvalue weighted by Gasteiger charge is -2.09. The quantitative estimate of drug-likeness (QED) is 0.376. The van der Waals surface area contributed by atoms with Crippen LogP contribution in [0.1, 0.15) is 16.8 Å². The van der Waals surface area contributed by atoms with E-state index < -0.39 is 26.9 Å². The molecule has 0 saturated heterocycles. The topological polar surface area (TPSA) is 88.6 Å². The highest BCUT2D eigenvalue weighted by molar-refractivity contribution is 7.90. The van der Waals surface area contributed by atoms with Gasteiger partial charge in [0.1, 0.15) is 5.69 Å². The zero-order chi connectivity index (χ0) is 24.5. The molecule has 0 atom stereocenters. The maximum Gasteiger partial charge on any atom is 0.433 e. The number of halogens is 3. The minimum atomic E-state index is -4.82. The number of nitrogens with zero attached hydrogens (tertiary/aromatic N) is 4. The number of benzene rings is 2. The Bertz CT molecular complexity index is 1520. The second-order valence-corrected chi connectivity index (χ2v) is 9.53. The third-order valence-electron chi connectivity index (χ3n) is 5.02. The lowest BCUT2D eigenvalue weighted by Crippen LogP contribution is -2.14. The molecule has 0 aliphatic carbocycles.